The maximum Gasteiger partial charge on any atom is 0.142 e. The lowest BCUT2D eigenvalue weighted by atomic mass is 9.81. The van der Waals surface area contributed by atoms with E-state index >= 15 is 0 Å². The first-order valence-electron chi connectivity index (χ1n) is 16.1. The molecular formula is C38H52BrN3. The minimum atomic E-state index is -0.118. The first-order chi connectivity index (χ1) is 20.1. The Labute approximate surface area is 264 Å². The Balaban J connectivity index is 0.00000116. The number of anilines is 1. The van der Waals surface area contributed by atoms with Crippen LogP contribution in [0.25, 0.3) is 0 Å². The van der Waals surface area contributed by atoms with E-state index in [2.05, 4.69) is 124 Å². The maximum atomic E-state index is 9.80. The topological polar surface area (TPSA) is 39.5 Å². The molecule has 4 heteroatoms. The molecule has 3 aromatic rings. The van der Waals surface area contributed by atoms with Crippen LogP contribution in [0.15, 0.2) is 70.1 Å². The Morgan fingerprint density at radius 1 is 0.881 bits per heavy atom. The number of para-hydroxylation sites is 1. The standard InChI is InChI=1S/C34H40BrN3.2C2H6/c1-8-33-20-34(33,9-2)37-32(28-19-24(35)17-18-29(28)33)38(31(36)27-14-11-10-13-23(27)7)30-25(21(3)4)15-12-16-26(30)22(5)6;2*1-2/h10-19,21-22,36H,8-9,20H2,1-7H3;2*1-2H3/t33?,34-;;/m0../s1. The van der Waals surface area contributed by atoms with E-state index < -0.39 is 0 Å². The molecule has 2 aliphatic rings. The Kier molecular flexibility index (Phi) is 11.0. The van der Waals surface area contributed by atoms with Gasteiger partial charge in [0.15, 0.2) is 0 Å². The van der Waals surface area contributed by atoms with Gasteiger partial charge in [-0.05, 0) is 72.4 Å². The van der Waals surface area contributed by atoms with E-state index in [1.54, 1.807) is 0 Å². The zero-order valence-corrected chi connectivity index (χ0v) is 29.4. The van der Waals surface area contributed by atoms with Gasteiger partial charge in [0.25, 0.3) is 0 Å². The number of benzene rings is 3. The van der Waals surface area contributed by atoms with Crippen LogP contribution in [0.2, 0.25) is 0 Å². The van der Waals surface area contributed by atoms with Crippen molar-refractivity contribution in [1.82, 2.24) is 0 Å². The lowest BCUT2D eigenvalue weighted by Crippen LogP contribution is -2.44. The third-order valence-electron chi connectivity index (χ3n) is 9.01. The fourth-order valence-corrected chi connectivity index (χ4v) is 7.10. The molecule has 1 aliphatic carbocycles. The second kappa shape index (κ2) is 13.7. The molecule has 0 bridgehead atoms. The molecule has 3 aromatic carbocycles. The summed E-state index contributed by atoms with van der Waals surface area (Å²) in [5.74, 6) is 2.00. The van der Waals surface area contributed by atoms with E-state index in [1.807, 2.05) is 33.8 Å². The van der Waals surface area contributed by atoms with E-state index in [4.69, 9.17) is 4.99 Å². The van der Waals surface area contributed by atoms with Crippen LogP contribution in [0.5, 0.6) is 0 Å². The van der Waals surface area contributed by atoms with E-state index in [-0.39, 0.29) is 11.0 Å². The number of halogens is 1. The van der Waals surface area contributed by atoms with Gasteiger partial charge in [-0.3, -0.25) is 15.3 Å². The van der Waals surface area contributed by atoms with Crippen LogP contribution < -0.4 is 4.90 Å². The predicted molar refractivity (Wildman–Crippen MR) is 188 cm³/mol. The number of nitrogens with zero attached hydrogens (tertiary/aromatic N) is 2. The molecule has 0 spiro atoms. The largest absolute Gasteiger partial charge is 0.283 e. The van der Waals surface area contributed by atoms with Gasteiger partial charge in [0.05, 0.1) is 11.2 Å². The number of aliphatic imine (C=N–C) groups is 1. The highest BCUT2D eigenvalue weighted by Gasteiger charge is 2.69. The predicted octanol–water partition coefficient (Wildman–Crippen LogP) is 11.5. The second-order valence-electron chi connectivity index (χ2n) is 11.7. The number of amidine groups is 2. The van der Waals surface area contributed by atoms with Gasteiger partial charge in [0.1, 0.15) is 11.7 Å². The second-order valence-corrected chi connectivity index (χ2v) is 12.6. The maximum absolute atomic E-state index is 9.80. The number of aryl methyl sites for hydroxylation is 1. The summed E-state index contributed by atoms with van der Waals surface area (Å²) in [4.78, 5) is 7.87. The highest BCUT2D eigenvalue weighted by atomic mass is 79.9. The molecule has 1 unspecified atom stereocenters. The van der Waals surface area contributed by atoms with Crippen LogP contribution in [0, 0.1) is 12.3 Å². The molecule has 1 saturated carbocycles. The molecule has 0 aromatic heterocycles. The van der Waals surface area contributed by atoms with Gasteiger partial charge in [0.2, 0.25) is 0 Å². The Bertz CT molecular complexity index is 1410. The number of fused-ring (bicyclic) bond motifs is 3. The molecule has 1 aliphatic heterocycles. The van der Waals surface area contributed by atoms with Gasteiger partial charge in [-0.1, -0.05) is 134 Å². The van der Waals surface area contributed by atoms with Gasteiger partial charge in [-0.2, -0.15) is 0 Å². The Morgan fingerprint density at radius 3 is 2.00 bits per heavy atom. The first-order valence-corrected chi connectivity index (χ1v) is 16.9. The van der Waals surface area contributed by atoms with Crippen molar-refractivity contribution in [2.45, 2.75) is 118 Å². The summed E-state index contributed by atoms with van der Waals surface area (Å²) in [6.07, 6.45) is 3.13. The molecule has 0 amide bonds. The molecule has 0 saturated heterocycles. The van der Waals surface area contributed by atoms with Crippen molar-refractivity contribution < 1.29 is 0 Å². The quantitative estimate of drug-likeness (QED) is 0.214. The third-order valence-corrected chi connectivity index (χ3v) is 9.50. The number of hydrogen-bond acceptors (Lipinski definition) is 2. The summed E-state index contributed by atoms with van der Waals surface area (Å²) >= 11 is 3.77. The summed E-state index contributed by atoms with van der Waals surface area (Å²) in [6.45, 7) is 23.7. The van der Waals surface area contributed by atoms with Gasteiger partial charge in [0, 0.05) is 21.0 Å². The number of rotatable bonds is 6. The van der Waals surface area contributed by atoms with Gasteiger partial charge in [-0.15, -0.1) is 0 Å². The smallest absolute Gasteiger partial charge is 0.142 e. The monoisotopic (exact) mass is 629 g/mol. The number of nitrogens with one attached hydrogen (secondary N) is 1. The summed E-state index contributed by atoms with van der Waals surface area (Å²) in [5.41, 5.74) is 8.15. The van der Waals surface area contributed by atoms with Crippen molar-refractivity contribution in [3.05, 3.63) is 98.5 Å². The SMILES string of the molecule is CC.CC.CCC12C[C@]1(CC)N=C(N(C(=N)c1ccccc1C)c1c(C(C)C)cccc1C(C)C)c1cc(Br)ccc12. The van der Waals surface area contributed by atoms with Crippen LogP contribution in [0.3, 0.4) is 0 Å². The molecule has 226 valence electrons. The Morgan fingerprint density at radius 2 is 1.48 bits per heavy atom. The van der Waals surface area contributed by atoms with Crippen LogP contribution in [0.1, 0.15) is 134 Å². The van der Waals surface area contributed by atoms with Crippen LogP contribution in [-0.2, 0) is 5.41 Å². The van der Waals surface area contributed by atoms with E-state index in [0.29, 0.717) is 17.7 Å². The molecule has 3 nitrogen and oxygen atoms in total. The van der Waals surface area contributed by atoms with Crippen LogP contribution >= 0.6 is 15.9 Å². The number of hydrogen-bond donors (Lipinski definition) is 1. The van der Waals surface area contributed by atoms with Crippen molar-refractivity contribution in [2.24, 2.45) is 4.99 Å². The highest BCUT2D eigenvalue weighted by molar-refractivity contribution is 9.10. The minimum absolute atomic E-state index is 0.0796. The lowest BCUT2D eigenvalue weighted by Gasteiger charge is -2.38. The van der Waals surface area contributed by atoms with Gasteiger partial charge in [-0.25, -0.2) is 0 Å². The summed E-state index contributed by atoms with van der Waals surface area (Å²) in [5, 5.41) is 9.80. The summed E-state index contributed by atoms with van der Waals surface area (Å²) in [7, 11) is 0. The van der Waals surface area contributed by atoms with Crippen molar-refractivity contribution >= 4 is 33.3 Å². The molecule has 1 heterocycles. The van der Waals surface area contributed by atoms with E-state index in [1.165, 1.54) is 16.7 Å². The van der Waals surface area contributed by atoms with Crippen molar-refractivity contribution in [3.8, 4) is 0 Å². The zero-order chi connectivity index (χ0) is 31.4. The highest BCUT2D eigenvalue weighted by Crippen LogP contribution is 2.67. The fourth-order valence-electron chi connectivity index (χ4n) is 6.74. The van der Waals surface area contributed by atoms with Gasteiger partial charge >= 0.3 is 0 Å². The summed E-state index contributed by atoms with van der Waals surface area (Å²) in [6, 6.07) is 21.6. The molecular weight excluding hydrogens is 578 g/mol. The molecule has 2 atom stereocenters. The average molecular weight is 631 g/mol. The van der Waals surface area contributed by atoms with Crippen molar-refractivity contribution in [2.75, 3.05) is 4.90 Å². The van der Waals surface area contributed by atoms with Gasteiger partial charge < -0.3 is 0 Å². The molecule has 1 fully saturated rings. The lowest BCUT2D eigenvalue weighted by molar-refractivity contribution is 0.498. The Hall–Kier alpha value is -2.72. The van der Waals surface area contributed by atoms with E-state index in [0.717, 1.165) is 51.9 Å². The summed E-state index contributed by atoms with van der Waals surface area (Å²) < 4.78 is 1.04. The molecule has 42 heavy (non-hydrogen) atoms. The van der Waals surface area contributed by atoms with Crippen LogP contribution in [-0.4, -0.2) is 17.2 Å². The normalized spacial score (nSPS) is 19.9. The molecule has 5 rings (SSSR count). The van der Waals surface area contributed by atoms with Crippen LogP contribution in [0.4, 0.5) is 5.69 Å². The first kappa shape index (κ1) is 33.8. The van der Waals surface area contributed by atoms with Crippen molar-refractivity contribution in [1.29, 1.82) is 5.41 Å². The molecule has 1 N–H and O–H groups in total. The zero-order valence-electron chi connectivity index (χ0n) is 27.8. The third kappa shape index (κ3) is 5.64. The average Bonchev–Trinajstić information content (AvgIpc) is 3.69. The minimum Gasteiger partial charge on any atom is -0.283 e. The van der Waals surface area contributed by atoms with Crippen molar-refractivity contribution in [3.63, 3.8) is 0 Å². The molecule has 0 radical (unpaired) electrons. The van der Waals surface area contributed by atoms with E-state index in [9.17, 15) is 5.41 Å². The fraction of sp³-hybridized carbons (Fsp3) is 0.474.